The number of amides is 1. The van der Waals surface area contributed by atoms with Gasteiger partial charge in [-0.15, -0.1) is 0 Å². The molecule has 366 valence electrons. The number of carbonyl (C=O) groups is 3. The number of azo groups is 1. The number of carbonyl (C=O) groups excluding carboxylic acids is 3. The summed E-state index contributed by atoms with van der Waals surface area (Å²) in [6, 6.07) is 36.9. The Hall–Kier alpha value is -7.09. The lowest BCUT2D eigenvalue weighted by Gasteiger charge is -2.26. The topological polar surface area (TPSA) is 171 Å². The Balaban J connectivity index is 0.000000457. The first kappa shape index (κ1) is 57.0. The predicted octanol–water partition coefficient (Wildman–Crippen LogP) is 14.3. The van der Waals surface area contributed by atoms with E-state index in [9.17, 15) is 24.5 Å². The summed E-state index contributed by atoms with van der Waals surface area (Å²) in [4.78, 5) is 49.5. The first-order chi connectivity index (χ1) is 31.7. The third-order valence-corrected chi connectivity index (χ3v) is 11.2. The zero-order valence-corrected chi connectivity index (χ0v) is 39.2. The van der Waals surface area contributed by atoms with E-state index in [4.69, 9.17) is 18.9 Å². The van der Waals surface area contributed by atoms with Crippen LogP contribution in [-0.2, 0) is 19.1 Å². The zero-order valence-electron chi connectivity index (χ0n) is 39.2. The normalized spacial score (nSPS) is 12.3. The Kier molecular flexibility index (Phi) is 24.2. The number of hydrogen-bond donors (Lipinski definition) is 1. The predicted molar refractivity (Wildman–Crippen MR) is 272 cm³/mol. The minimum Gasteiger partial charge on any atom is -0.490 e. The second kappa shape index (κ2) is 28.8. The van der Waals surface area contributed by atoms with Gasteiger partial charge in [0.15, 0.2) is 0 Å². The summed E-state index contributed by atoms with van der Waals surface area (Å²) in [6.45, 7) is 13.4. The number of hydrogen-bond acceptors (Lipinski definition) is 12. The Labute approximate surface area is 403 Å². The summed E-state index contributed by atoms with van der Waals surface area (Å²) in [5.74, 6) is 1.50. The molecule has 0 fully saturated rings. The largest absolute Gasteiger partial charge is 0.490 e. The van der Waals surface area contributed by atoms with Crippen molar-refractivity contribution in [2.45, 2.75) is 94.9 Å². The molecule has 0 aliphatic carbocycles. The maximum Gasteiger partial charge on any atom is 0.311 e. The summed E-state index contributed by atoms with van der Waals surface area (Å²) in [6.07, 6.45) is 5.03. The molecule has 14 nitrogen and oxygen atoms in total. The number of ether oxygens (including phenoxy) is 4. The third kappa shape index (κ3) is 17.9. The number of nitro groups is 1. The molecule has 1 N–H and O–H groups in total. The van der Waals surface area contributed by atoms with Gasteiger partial charge in [0.25, 0.3) is 11.6 Å². The van der Waals surface area contributed by atoms with Crippen LogP contribution in [0.15, 0.2) is 138 Å². The fourth-order valence-corrected chi connectivity index (χ4v) is 6.66. The number of nitrogens with zero attached hydrogens (tertiary/aromatic N) is 4. The summed E-state index contributed by atoms with van der Waals surface area (Å²) in [5.41, 5.74) is 2.50. The number of likely N-dealkylation sites (N-methyl/N-ethyl adjacent to an activating group) is 1. The van der Waals surface area contributed by atoms with Crippen LogP contribution >= 0.6 is 0 Å². The van der Waals surface area contributed by atoms with Gasteiger partial charge in [0.1, 0.15) is 37.1 Å². The highest BCUT2D eigenvalue weighted by Crippen LogP contribution is 2.31. The lowest BCUT2D eigenvalue weighted by atomic mass is 9.83. The Morgan fingerprint density at radius 3 is 1.62 bits per heavy atom. The van der Waals surface area contributed by atoms with E-state index in [1.165, 1.54) is 12.1 Å². The minimum atomic E-state index is -0.454. The summed E-state index contributed by atoms with van der Waals surface area (Å²) >= 11 is 0. The molecular formula is C54H71N5O9. The fraction of sp³-hybridized carbons (Fsp3) is 0.389. The molecule has 2 atom stereocenters. The van der Waals surface area contributed by atoms with E-state index in [0.29, 0.717) is 47.3 Å². The van der Waals surface area contributed by atoms with Gasteiger partial charge in [-0.05, 0) is 137 Å². The summed E-state index contributed by atoms with van der Waals surface area (Å²) in [5, 5.41) is 21.8. The average Bonchev–Trinajstić information content (AvgIpc) is 3.33. The maximum atomic E-state index is 12.6. The van der Waals surface area contributed by atoms with Crippen LogP contribution in [0.25, 0.3) is 0 Å². The highest BCUT2D eigenvalue weighted by atomic mass is 16.6. The van der Waals surface area contributed by atoms with Crippen LogP contribution in [-0.4, -0.2) is 56.2 Å². The van der Waals surface area contributed by atoms with Gasteiger partial charge < -0.3 is 29.2 Å². The highest BCUT2D eigenvalue weighted by Gasteiger charge is 2.32. The number of anilines is 2. The van der Waals surface area contributed by atoms with Crippen molar-refractivity contribution in [2.75, 3.05) is 43.6 Å². The van der Waals surface area contributed by atoms with E-state index >= 15 is 0 Å². The van der Waals surface area contributed by atoms with Crippen LogP contribution in [0.1, 0.15) is 105 Å². The van der Waals surface area contributed by atoms with Crippen molar-refractivity contribution in [3.05, 3.63) is 143 Å². The van der Waals surface area contributed by atoms with Gasteiger partial charge in [0.2, 0.25) is 0 Å². The monoisotopic (exact) mass is 934 g/mol. The summed E-state index contributed by atoms with van der Waals surface area (Å²) in [7, 11) is 1.94. The molecule has 68 heavy (non-hydrogen) atoms. The molecule has 5 rings (SSSR count). The first-order valence-corrected chi connectivity index (χ1v) is 22.4. The Morgan fingerprint density at radius 2 is 1.12 bits per heavy atom. The molecule has 2 unspecified atom stereocenters. The van der Waals surface area contributed by atoms with E-state index in [1.54, 1.807) is 60.7 Å². The Bertz CT molecular complexity index is 2310. The number of benzene rings is 5. The molecule has 14 heteroatoms. The third-order valence-electron chi connectivity index (χ3n) is 11.2. The van der Waals surface area contributed by atoms with Crippen molar-refractivity contribution in [2.24, 2.45) is 21.1 Å². The second-order valence-corrected chi connectivity index (χ2v) is 16.3. The van der Waals surface area contributed by atoms with E-state index in [2.05, 4.69) is 29.4 Å². The smallest absolute Gasteiger partial charge is 0.311 e. The lowest BCUT2D eigenvalue weighted by Crippen LogP contribution is -2.32. The number of nitrogens with one attached hydrogen (secondary N) is 1. The van der Waals surface area contributed by atoms with Crippen molar-refractivity contribution >= 4 is 46.3 Å². The van der Waals surface area contributed by atoms with E-state index < -0.39 is 15.8 Å². The molecule has 0 spiro atoms. The van der Waals surface area contributed by atoms with Gasteiger partial charge in [-0.2, -0.15) is 10.2 Å². The minimum absolute atomic E-state index is 0. The van der Waals surface area contributed by atoms with Crippen LogP contribution < -0.4 is 19.7 Å². The SMILES string of the molecule is C.C.CCCC(C)(CC)C(=O)OCCN(C)c1ccc(N=Nc2ccc([N+](=O)[O-])cc2)cc1.CCCC(C)(CC)C(=O)OCCOc1ccc(C(=O)Nc2ccc(Oc3ccccc3)cc2)cc1. The van der Waals surface area contributed by atoms with Crippen molar-refractivity contribution in [3.8, 4) is 17.2 Å². The Morgan fingerprint density at radius 1 is 0.632 bits per heavy atom. The van der Waals surface area contributed by atoms with Crippen LogP contribution in [0.2, 0.25) is 0 Å². The molecule has 1 amide bonds. The van der Waals surface area contributed by atoms with Gasteiger partial charge in [-0.25, -0.2) is 0 Å². The summed E-state index contributed by atoms with van der Waals surface area (Å²) < 4.78 is 22.3. The molecule has 0 bridgehead atoms. The van der Waals surface area contributed by atoms with Crippen LogP contribution in [0.4, 0.5) is 28.4 Å². The van der Waals surface area contributed by atoms with E-state index in [0.717, 1.165) is 50.0 Å². The number of nitro benzene ring substituents is 1. The molecule has 0 radical (unpaired) electrons. The van der Waals surface area contributed by atoms with E-state index in [1.807, 2.05) is 94.2 Å². The van der Waals surface area contributed by atoms with Crippen LogP contribution in [0.5, 0.6) is 17.2 Å². The molecule has 5 aromatic rings. The van der Waals surface area contributed by atoms with Gasteiger partial charge in [-0.3, -0.25) is 24.5 Å². The fourth-order valence-electron chi connectivity index (χ4n) is 6.66. The first-order valence-electron chi connectivity index (χ1n) is 22.4. The molecule has 0 heterocycles. The van der Waals surface area contributed by atoms with Gasteiger partial charge in [0, 0.05) is 36.1 Å². The quantitative estimate of drug-likeness (QED) is 0.0218. The number of esters is 2. The van der Waals surface area contributed by atoms with Crippen molar-refractivity contribution < 1.29 is 38.3 Å². The average molecular weight is 934 g/mol. The maximum absolute atomic E-state index is 12.6. The lowest BCUT2D eigenvalue weighted by molar-refractivity contribution is -0.384. The standard InChI is InChI=1S/C29H33NO5.C23H30N4O4.2CH4/c1-4-19-29(3,5-2)28(32)34-21-20-33-24-15-11-22(12-16-24)27(31)30-23-13-17-26(18-14-23)35-25-9-7-6-8-10-25;1-5-15-23(3,6-2)22(28)31-17-16-26(4)20-11-7-18(8-12-20)24-25-19-9-13-21(14-10-19)27(29)30;;/h6-18H,4-5,19-21H2,1-3H3,(H,30,31);7-14H,5-6,15-17H2,1-4H3;2*1H4. The number of rotatable bonds is 23. The van der Waals surface area contributed by atoms with Gasteiger partial charge in [-0.1, -0.05) is 73.6 Å². The van der Waals surface area contributed by atoms with E-state index in [-0.39, 0.29) is 51.6 Å². The van der Waals surface area contributed by atoms with Crippen molar-refractivity contribution in [1.29, 1.82) is 0 Å². The van der Waals surface area contributed by atoms with Gasteiger partial charge >= 0.3 is 11.9 Å². The highest BCUT2D eigenvalue weighted by molar-refractivity contribution is 6.04. The molecule has 0 saturated heterocycles. The van der Waals surface area contributed by atoms with Crippen LogP contribution in [0, 0.1) is 20.9 Å². The van der Waals surface area contributed by atoms with Crippen LogP contribution in [0.3, 0.4) is 0 Å². The number of para-hydroxylation sites is 1. The molecule has 0 saturated carbocycles. The molecular weight excluding hydrogens is 863 g/mol. The number of non-ortho nitro benzene ring substituents is 1. The van der Waals surface area contributed by atoms with Crippen molar-refractivity contribution in [1.82, 2.24) is 0 Å². The van der Waals surface area contributed by atoms with Gasteiger partial charge in [0.05, 0.1) is 33.7 Å². The molecule has 0 aliphatic rings. The molecule has 5 aromatic carbocycles. The zero-order chi connectivity index (χ0) is 48.0. The molecule has 0 aliphatic heterocycles. The molecule has 0 aromatic heterocycles. The second-order valence-electron chi connectivity index (χ2n) is 16.3. The van der Waals surface area contributed by atoms with Crippen molar-refractivity contribution in [3.63, 3.8) is 0 Å².